The third-order valence-corrected chi connectivity index (χ3v) is 2.85. The number of nitrogens with one attached hydrogen (secondary N) is 2. The Morgan fingerprint density at radius 1 is 1.25 bits per heavy atom. The van der Waals surface area contributed by atoms with Crippen LogP contribution in [0.25, 0.3) is 0 Å². The molecule has 0 saturated heterocycles. The van der Waals surface area contributed by atoms with Crippen molar-refractivity contribution in [3.8, 4) is 11.5 Å². The van der Waals surface area contributed by atoms with Gasteiger partial charge in [-0.25, -0.2) is 0 Å². The van der Waals surface area contributed by atoms with E-state index in [1.54, 1.807) is 6.07 Å². The van der Waals surface area contributed by atoms with Gasteiger partial charge < -0.3 is 15.5 Å². The highest BCUT2D eigenvalue weighted by atomic mass is 16.3. The number of H-pyrrole nitrogens is 1. The molecule has 2 rings (SSSR count). The van der Waals surface area contributed by atoms with Crippen molar-refractivity contribution >= 4 is 11.7 Å². The summed E-state index contributed by atoms with van der Waals surface area (Å²) in [5, 5.41) is 28.3. The van der Waals surface area contributed by atoms with Crippen molar-refractivity contribution in [1.29, 1.82) is 0 Å². The zero-order valence-electron chi connectivity index (χ0n) is 11.6. The first-order valence-corrected chi connectivity index (χ1v) is 6.16. The Morgan fingerprint density at radius 2 is 1.95 bits per heavy atom. The van der Waals surface area contributed by atoms with Crippen molar-refractivity contribution < 1.29 is 15.0 Å². The largest absolute Gasteiger partial charge is 0.508 e. The van der Waals surface area contributed by atoms with Crippen LogP contribution in [-0.2, 0) is 5.41 Å². The lowest BCUT2D eigenvalue weighted by Gasteiger charge is -2.14. The van der Waals surface area contributed by atoms with E-state index in [9.17, 15) is 15.0 Å². The number of aromatic hydroxyl groups is 2. The molecule has 106 valence electrons. The van der Waals surface area contributed by atoms with Crippen LogP contribution in [0.3, 0.4) is 0 Å². The molecule has 4 N–H and O–H groups in total. The zero-order chi connectivity index (χ0) is 14.9. The molecule has 1 aromatic heterocycles. The summed E-state index contributed by atoms with van der Waals surface area (Å²) in [4.78, 5) is 12.0. The predicted octanol–water partition coefficient (Wildman–Crippen LogP) is 2.37. The maximum atomic E-state index is 12.0. The van der Waals surface area contributed by atoms with E-state index in [2.05, 4.69) is 15.5 Å². The van der Waals surface area contributed by atoms with Gasteiger partial charge >= 0.3 is 0 Å². The van der Waals surface area contributed by atoms with Crippen molar-refractivity contribution in [2.45, 2.75) is 26.2 Å². The molecule has 0 aliphatic carbocycles. The maximum Gasteiger partial charge on any atom is 0.260 e. The van der Waals surface area contributed by atoms with Gasteiger partial charge in [0.15, 0.2) is 5.82 Å². The predicted molar refractivity (Wildman–Crippen MR) is 75.0 cm³/mol. The van der Waals surface area contributed by atoms with E-state index in [-0.39, 0.29) is 22.5 Å². The number of aromatic amines is 1. The molecule has 0 saturated carbocycles. The molecule has 0 bridgehead atoms. The van der Waals surface area contributed by atoms with Gasteiger partial charge in [0.1, 0.15) is 11.5 Å². The van der Waals surface area contributed by atoms with Crippen LogP contribution >= 0.6 is 0 Å². The van der Waals surface area contributed by atoms with Crippen molar-refractivity contribution in [1.82, 2.24) is 10.2 Å². The first kappa shape index (κ1) is 13.9. The van der Waals surface area contributed by atoms with Crippen LogP contribution < -0.4 is 5.32 Å². The quantitative estimate of drug-likeness (QED) is 0.676. The van der Waals surface area contributed by atoms with E-state index in [1.807, 2.05) is 20.8 Å². The molecule has 0 aliphatic heterocycles. The van der Waals surface area contributed by atoms with Gasteiger partial charge in [0, 0.05) is 23.2 Å². The minimum absolute atomic E-state index is 0.0723. The van der Waals surface area contributed by atoms with E-state index in [1.165, 1.54) is 12.1 Å². The Bertz CT molecular complexity index is 641. The standard InChI is InChI=1S/C14H17N3O3/c1-14(2,3)11-7-12(17-16-11)15-13(20)9-5-4-8(18)6-10(9)19/h4-7,18-19H,1-3H3,(H2,15,16,17,20). The van der Waals surface area contributed by atoms with Gasteiger partial charge in [-0.15, -0.1) is 0 Å². The molecule has 6 heteroatoms. The molecular weight excluding hydrogens is 258 g/mol. The van der Waals surface area contributed by atoms with Gasteiger partial charge in [-0.3, -0.25) is 9.89 Å². The number of nitrogens with zero attached hydrogens (tertiary/aromatic N) is 1. The molecule has 6 nitrogen and oxygen atoms in total. The summed E-state index contributed by atoms with van der Waals surface area (Å²) in [5.41, 5.74) is 0.863. The second-order valence-electron chi connectivity index (χ2n) is 5.57. The van der Waals surface area contributed by atoms with E-state index >= 15 is 0 Å². The summed E-state index contributed by atoms with van der Waals surface area (Å²) < 4.78 is 0. The molecule has 0 aliphatic rings. The van der Waals surface area contributed by atoms with Crippen LogP contribution in [0.4, 0.5) is 5.82 Å². The van der Waals surface area contributed by atoms with Crippen LogP contribution in [-0.4, -0.2) is 26.3 Å². The number of carbonyl (C=O) groups is 1. The summed E-state index contributed by atoms with van der Waals surface area (Å²) in [6.07, 6.45) is 0. The topological polar surface area (TPSA) is 98.2 Å². The summed E-state index contributed by atoms with van der Waals surface area (Å²) >= 11 is 0. The van der Waals surface area contributed by atoms with Crippen LogP contribution in [0.15, 0.2) is 24.3 Å². The fourth-order valence-electron chi connectivity index (χ4n) is 1.67. The Labute approximate surface area is 116 Å². The van der Waals surface area contributed by atoms with Crippen molar-refractivity contribution in [3.63, 3.8) is 0 Å². The van der Waals surface area contributed by atoms with Gasteiger partial charge in [-0.2, -0.15) is 5.10 Å². The van der Waals surface area contributed by atoms with E-state index in [0.29, 0.717) is 5.82 Å². The number of carbonyl (C=O) groups excluding carboxylic acids is 1. The first-order valence-electron chi connectivity index (χ1n) is 6.16. The molecule has 0 unspecified atom stereocenters. The Hall–Kier alpha value is -2.50. The molecule has 1 heterocycles. The van der Waals surface area contributed by atoms with Crippen molar-refractivity contribution in [3.05, 3.63) is 35.5 Å². The van der Waals surface area contributed by atoms with E-state index < -0.39 is 5.91 Å². The minimum Gasteiger partial charge on any atom is -0.508 e. The summed E-state index contributed by atoms with van der Waals surface area (Å²) in [6, 6.07) is 5.53. The number of phenols is 2. The molecular formula is C14H17N3O3. The third-order valence-electron chi connectivity index (χ3n) is 2.85. The molecule has 1 amide bonds. The van der Waals surface area contributed by atoms with Gasteiger partial charge in [-0.1, -0.05) is 20.8 Å². The van der Waals surface area contributed by atoms with Crippen LogP contribution in [0.1, 0.15) is 36.8 Å². The second-order valence-corrected chi connectivity index (χ2v) is 5.57. The van der Waals surface area contributed by atoms with Gasteiger partial charge in [0.25, 0.3) is 5.91 Å². The molecule has 2 aromatic rings. The number of amides is 1. The van der Waals surface area contributed by atoms with Crippen LogP contribution in [0, 0.1) is 0 Å². The molecule has 20 heavy (non-hydrogen) atoms. The SMILES string of the molecule is CC(C)(C)c1cc(NC(=O)c2ccc(O)cc2O)n[nH]1. The number of hydrogen-bond donors (Lipinski definition) is 4. The first-order chi connectivity index (χ1) is 9.27. The molecule has 0 spiro atoms. The highest BCUT2D eigenvalue weighted by Gasteiger charge is 2.18. The molecule has 0 radical (unpaired) electrons. The van der Waals surface area contributed by atoms with E-state index in [0.717, 1.165) is 11.8 Å². The Morgan fingerprint density at radius 3 is 2.50 bits per heavy atom. The zero-order valence-corrected chi connectivity index (χ0v) is 11.6. The minimum atomic E-state index is -0.491. The van der Waals surface area contributed by atoms with Crippen LogP contribution in [0.5, 0.6) is 11.5 Å². The highest BCUT2D eigenvalue weighted by Crippen LogP contribution is 2.25. The molecule has 0 atom stereocenters. The Balaban J connectivity index is 2.17. The highest BCUT2D eigenvalue weighted by molar-refractivity contribution is 6.05. The lowest BCUT2D eigenvalue weighted by Crippen LogP contribution is -2.12. The smallest absolute Gasteiger partial charge is 0.260 e. The number of aromatic nitrogens is 2. The lowest BCUT2D eigenvalue weighted by atomic mass is 9.92. The molecule has 1 aromatic carbocycles. The summed E-state index contributed by atoms with van der Waals surface area (Å²) in [6.45, 7) is 6.08. The normalized spacial score (nSPS) is 11.3. The van der Waals surface area contributed by atoms with Crippen molar-refractivity contribution in [2.75, 3.05) is 5.32 Å². The Kier molecular flexibility index (Phi) is 3.40. The van der Waals surface area contributed by atoms with Crippen LogP contribution in [0.2, 0.25) is 0 Å². The average Bonchev–Trinajstić information content (AvgIpc) is 2.76. The van der Waals surface area contributed by atoms with Gasteiger partial charge in [-0.05, 0) is 12.1 Å². The molecule has 0 fully saturated rings. The number of anilines is 1. The number of benzene rings is 1. The van der Waals surface area contributed by atoms with Gasteiger partial charge in [0.2, 0.25) is 0 Å². The van der Waals surface area contributed by atoms with Crippen molar-refractivity contribution in [2.24, 2.45) is 0 Å². The summed E-state index contributed by atoms with van der Waals surface area (Å²) in [7, 11) is 0. The van der Waals surface area contributed by atoms with Gasteiger partial charge in [0.05, 0.1) is 5.56 Å². The fourth-order valence-corrected chi connectivity index (χ4v) is 1.67. The maximum absolute atomic E-state index is 12.0. The third kappa shape index (κ3) is 2.90. The lowest BCUT2D eigenvalue weighted by molar-refractivity contribution is 0.102. The summed E-state index contributed by atoms with van der Waals surface area (Å²) in [5.74, 6) is -0.496. The second kappa shape index (κ2) is 4.88. The number of phenolic OH excluding ortho intramolecular Hbond substituents is 2. The number of rotatable bonds is 2. The number of hydrogen-bond acceptors (Lipinski definition) is 4. The van der Waals surface area contributed by atoms with E-state index in [4.69, 9.17) is 0 Å². The fraction of sp³-hybridized carbons (Fsp3) is 0.286. The monoisotopic (exact) mass is 275 g/mol. The average molecular weight is 275 g/mol.